The first-order valence-corrected chi connectivity index (χ1v) is 4.58. The molecule has 0 atom stereocenters. The van der Waals surface area contributed by atoms with Gasteiger partial charge in [-0.15, -0.1) is 0 Å². The molecule has 2 aromatic rings. The van der Waals surface area contributed by atoms with Crippen molar-refractivity contribution in [3.8, 4) is 5.75 Å². The van der Waals surface area contributed by atoms with E-state index in [-0.39, 0.29) is 0 Å². The third-order valence-electron chi connectivity index (χ3n) is 2.15. The lowest BCUT2D eigenvalue weighted by Crippen LogP contribution is -1.98. The molecule has 0 saturated heterocycles. The van der Waals surface area contributed by atoms with Crippen LogP contribution in [0.4, 0.5) is 0 Å². The van der Waals surface area contributed by atoms with Crippen molar-refractivity contribution in [3.63, 3.8) is 0 Å². The molecule has 0 bridgehead atoms. The monoisotopic (exact) mass is 211 g/mol. The molecule has 3 nitrogen and oxygen atoms in total. The highest BCUT2D eigenvalue weighted by molar-refractivity contribution is 6.36. The zero-order chi connectivity index (χ0) is 10.1. The van der Waals surface area contributed by atoms with Gasteiger partial charge in [-0.05, 0) is 17.7 Å². The Morgan fingerprint density at radius 2 is 2.36 bits per heavy atom. The van der Waals surface area contributed by atoms with Gasteiger partial charge in [0.25, 0.3) is 0 Å². The van der Waals surface area contributed by atoms with Gasteiger partial charge in [-0.1, -0.05) is 11.6 Å². The van der Waals surface area contributed by atoms with E-state index >= 15 is 0 Å². The van der Waals surface area contributed by atoms with Crippen molar-refractivity contribution in [3.05, 3.63) is 29.0 Å². The van der Waals surface area contributed by atoms with Crippen molar-refractivity contribution >= 4 is 22.6 Å². The molecule has 0 amide bonds. The number of furan rings is 1. The number of nitrogens with two attached hydrogens (primary N) is 1. The van der Waals surface area contributed by atoms with Crippen LogP contribution >= 0.6 is 11.6 Å². The highest BCUT2D eigenvalue weighted by Gasteiger charge is 2.12. The van der Waals surface area contributed by atoms with Crippen LogP contribution in [-0.2, 0) is 6.54 Å². The summed E-state index contributed by atoms with van der Waals surface area (Å²) in [6.45, 7) is 0.385. The fourth-order valence-corrected chi connectivity index (χ4v) is 1.71. The van der Waals surface area contributed by atoms with Crippen LogP contribution in [0.1, 0.15) is 5.56 Å². The van der Waals surface area contributed by atoms with Gasteiger partial charge >= 0.3 is 0 Å². The van der Waals surface area contributed by atoms with Gasteiger partial charge in [-0.25, -0.2) is 0 Å². The molecule has 74 valence electrons. The number of methoxy groups -OCH3 is 1. The summed E-state index contributed by atoms with van der Waals surface area (Å²) in [6.07, 6.45) is 1.58. The largest absolute Gasteiger partial charge is 0.493 e. The molecule has 0 saturated carbocycles. The van der Waals surface area contributed by atoms with Crippen molar-refractivity contribution < 1.29 is 9.15 Å². The number of hydrogen-bond acceptors (Lipinski definition) is 3. The van der Waals surface area contributed by atoms with E-state index in [0.717, 1.165) is 10.9 Å². The van der Waals surface area contributed by atoms with Crippen LogP contribution in [-0.4, -0.2) is 7.11 Å². The lowest BCUT2D eigenvalue weighted by atomic mass is 10.1. The molecular formula is C10H10ClNO2. The Morgan fingerprint density at radius 1 is 1.57 bits per heavy atom. The minimum atomic E-state index is 0.385. The highest BCUT2D eigenvalue weighted by Crippen LogP contribution is 2.35. The maximum atomic E-state index is 6.12. The summed E-state index contributed by atoms with van der Waals surface area (Å²) in [5.74, 6) is 0.662. The molecule has 0 aliphatic carbocycles. The van der Waals surface area contributed by atoms with E-state index < -0.39 is 0 Å². The Kier molecular flexibility index (Phi) is 2.35. The van der Waals surface area contributed by atoms with Crippen LogP contribution in [0.5, 0.6) is 5.75 Å². The Hall–Kier alpha value is -1.19. The number of benzene rings is 1. The van der Waals surface area contributed by atoms with E-state index in [1.165, 1.54) is 0 Å². The van der Waals surface area contributed by atoms with Gasteiger partial charge in [0.1, 0.15) is 0 Å². The molecule has 0 radical (unpaired) electrons. The van der Waals surface area contributed by atoms with Crippen LogP contribution in [0.2, 0.25) is 5.02 Å². The van der Waals surface area contributed by atoms with Gasteiger partial charge in [-0.2, -0.15) is 0 Å². The molecule has 0 aliphatic rings. The normalized spacial score (nSPS) is 10.8. The summed E-state index contributed by atoms with van der Waals surface area (Å²) in [5, 5.41) is 1.48. The summed E-state index contributed by atoms with van der Waals surface area (Å²) < 4.78 is 10.4. The maximum absolute atomic E-state index is 6.12. The minimum Gasteiger partial charge on any atom is -0.493 e. The topological polar surface area (TPSA) is 48.4 Å². The van der Waals surface area contributed by atoms with E-state index in [4.69, 9.17) is 26.5 Å². The number of halogens is 1. The molecule has 0 spiro atoms. The molecule has 0 aliphatic heterocycles. The molecule has 1 heterocycles. The van der Waals surface area contributed by atoms with Crippen LogP contribution in [0.3, 0.4) is 0 Å². The predicted molar refractivity (Wildman–Crippen MR) is 55.7 cm³/mol. The van der Waals surface area contributed by atoms with Crippen molar-refractivity contribution in [1.29, 1.82) is 0 Å². The van der Waals surface area contributed by atoms with Crippen LogP contribution < -0.4 is 10.5 Å². The Bertz CT molecular complexity index is 464. The van der Waals surface area contributed by atoms with Crippen LogP contribution in [0.25, 0.3) is 11.0 Å². The standard InChI is InChI=1S/C10H10ClNO2/c1-13-8-4-6(5-12)9(11)7-2-3-14-10(7)8/h2-4H,5,12H2,1H3. The molecule has 1 aromatic heterocycles. The van der Waals surface area contributed by atoms with E-state index in [0.29, 0.717) is 22.9 Å². The number of hydrogen-bond donors (Lipinski definition) is 1. The van der Waals surface area contributed by atoms with E-state index in [2.05, 4.69) is 0 Å². The molecule has 0 unspecified atom stereocenters. The SMILES string of the molecule is COc1cc(CN)c(Cl)c2ccoc12. The molecule has 2 rings (SSSR count). The van der Waals surface area contributed by atoms with Gasteiger partial charge in [-0.3, -0.25) is 0 Å². The summed E-state index contributed by atoms with van der Waals surface area (Å²) in [6, 6.07) is 3.60. The Labute approximate surface area is 86.4 Å². The second-order valence-corrected chi connectivity index (χ2v) is 3.30. The predicted octanol–water partition coefficient (Wildman–Crippen LogP) is 2.55. The summed E-state index contributed by atoms with van der Waals surface area (Å²) in [7, 11) is 1.59. The maximum Gasteiger partial charge on any atom is 0.177 e. The van der Waals surface area contributed by atoms with Crippen molar-refractivity contribution in [2.75, 3.05) is 7.11 Å². The highest BCUT2D eigenvalue weighted by atomic mass is 35.5. The number of rotatable bonds is 2. The Balaban J connectivity index is 2.80. The first-order chi connectivity index (χ1) is 6.77. The van der Waals surface area contributed by atoms with Gasteiger partial charge in [0, 0.05) is 11.9 Å². The molecule has 1 aromatic carbocycles. The van der Waals surface area contributed by atoms with Crippen molar-refractivity contribution in [2.24, 2.45) is 5.73 Å². The molecule has 2 N–H and O–H groups in total. The molecule has 4 heteroatoms. The van der Waals surface area contributed by atoms with Gasteiger partial charge in [0.2, 0.25) is 0 Å². The molecule has 14 heavy (non-hydrogen) atoms. The quantitative estimate of drug-likeness (QED) is 0.831. The summed E-state index contributed by atoms with van der Waals surface area (Å²) in [5.41, 5.74) is 7.08. The average Bonchev–Trinajstić information content (AvgIpc) is 2.68. The summed E-state index contributed by atoms with van der Waals surface area (Å²) in [4.78, 5) is 0. The fraction of sp³-hybridized carbons (Fsp3) is 0.200. The van der Waals surface area contributed by atoms with E-state index in [1.54, 1.807) is 25.5 Å². The van der Waals surface area contributed by atoms with E-state index in [1.807, 2.05) is 0 Å². The smallest absolute Gasteiger partial charge is 0.177 e. The minimum absolute atomic E-state index is 0.385. The van der Waals surface area contributed by atoms with Crippen molar-refractivity contribution in [2.45, 2.75) is 6.54 Å². The lowest BCUT2D eigenvalue weighted by molar-refractivity contribution is 0.410. The first kappa shape index (κ1) is 9.37. The van der Waals surface area contributed by atoms with Crippen LogP contribution in [0.15, 0.2) is 22.8 Å². The zero-order valence-corrected chi connectivity index (χ0v) is 8.47. The number of fused-ring (bicyclic) bond motifs is 1. The van der Waals surface area contributed by atoms with Gasteiger partial charge in [0.15, 0.2) is 11.3 Å². The fourth-order valence-electron chi connectivity index (χ4n) is 1.43. The second-order valence-electron chi connectivity index (χ2n) is 2.92. The zero-order valence-electron chi connectivity index (χ0n) is 7.71. The average molecular weight is 212 g/mol. The van der Waals surface area contributed by atoms with Gasteiger partial charge < -0.3 is 14.9 Å². The first-order valence-electron chi connectivity index (χ1n) is 4.20. The third-order valence-corrected chi connectivity index (χ3v) is 2.60. The number of ether oxygens (including phenoxy) is 1. The third kappa shape index (κ3) is 1.25. The molecular weight excluding hydrogens is 202 g/mol. The lowest BCUT2D eigenvalue weighted by Gasteiger charge is -2.06. The van der Waals surface area contributed by atoms with E-state index in [9.17, 15) is 0 Å². The van der Waals surface area contributed by atoms with Crippen molar-refractivity contribution in [1.82, 2.24) is 0 Å². The summed E-state index contributed by atoms with van der Waals surface area (Å²) >= 11 is 6.12. The Morgan fingerprint density at radius 3 is 3.00 bits per heavy atom. The molecule has 0 fully saturated rings. The second kappa shape index (κ2) is 3.52. The van der Waals surface area contributed by atoms with Crippen LogP contribution in [0, 0.1) is 0 Å². The van der Waals surface area contributed by atoms with Gasteiger partial charge in [0.05, 0.1) is 18.4 Å².